The summed E-state index contributed by atoms with van der Waals surface area (Å²) >= 11 is 1.82. The Balaban J connectivity index is 2.00. The Hall–Kier alpha value is -1.32. The highest BCUT2D eigenvalue weighted by atomic mass is 32.2. The van der Waals surface area contributed by atoms with Crippen LogP contribution in [0.3, 0.4) is 0 Å². The second kappa shape index (κ2) is 6.91. The van der Waals surface area contributed by atoms with Gasteiger partial charge in [-0.05, 0) is 38.0 Å². The summed E-state index contributed by atoms with van der Waals surface area (Å²) in [4.78, 5) is 5.64. The van der Waals surface area contributed by atoms with Crippen LogP contribution in [0.5, 0.6) is 0 Å². The number of hydrogen-bond acceptors (Lipinski definition) is 3. The molecule has 1 atom stereocenters. The Morgan fingerprint density at radius 3 is 2.40 bits per heavy atom. The van der Waals surface area contributed by atoms with Crippen LogP contribution in [0.2, 0.25) is 0 Å². The molecule has 0 fully saturated rings. The quantitative estimate of drug-likeness (QED) is 0.828. The summed E-state index contributed by atoms with van der Waals surface area (Å²) in [6.07, 6.45) is 2.85. The highest BCUT2D eigenvalue weighted by Gasteiger charge is 2.05. The average Bonchev–Trinajstić information content (AvgIpc) is 2.44. The Kier molecular flexibility index (Phi) is 5.21. The molecular weight excluding hydrogens is 264 g/mol. The normalized spacial score (nSPS) is 12.4. The molecule has 0 bridgehead atoms. The van der Waals surface area contributed by atoms with Crippen molar-refractivity contribution in [3.05, 3.63) is 58.9 Å². The van der Waals surface area contributed by atoms with Crippen molar-refractivity contribution in [2.75, 3.05) is 0 Å². The van der Waals surface area contributed by atoms with Gasteiger partial charge in [0, 0.05) is 22.9 Å². The lowest BCUT2D eigenvalue weighted by Gasteiger charge is -2.09. The van der Waals surface area contributed by atoms with Gasteiger partial charge in [-0.1, -0.05) is 36.2 Å². The second-order valence-electron chi connectivity index (χ2n) is 5.22. The molecule has 0 aliphatic heterocycles. The second-order valence-corrected chi connectivity index (χ2v) is 6.27. The zero-order valence-corrected chi connectivity index (χ0v) is 13.2. The first-order valence-electron chi connectivity index (χ1n) is 7.00. The maximum absolute atomic E-state index is 5.97. The number of aryl methyl sites for hydroxylation is 2. The highest BCUT2D eigenvalue weighted by molar-refractivity contribution is 7.98. The Morgan fingerprint density at radius 1 is 1.15 bits per heavy atom. The molecule has 0 aliphatic rings. The third-order valence-corrected chi connectivity index (χ3v) is 4.32. The van der Waals surface area contributed by atoms with Crippen LogP contribution in [-0.2, 0) is 5.75 Å². The van der Waals surface area contributed by atoms with E-state index < -0.39 is 0 Å². The van der Waals surface area contributed by atoms with E-state index in [0.717, 1.165) is 17.9 Å². The van der Waals surface area contributed by atoms with Gasteiger partial charge in [0.25, 0.3) is 0 Å². The summed E-state index contributed by atoms with van der Waals surface area (Å²) < 4.78 is 0. The van der Waals surface area contributed by atoms with E-state index in [2.05, 4.69) is 50.0 Å². The van der Waals surface area contributed by atoms with Crippen LogP contribution in [-0.4, -0.2) is 4.98 Å². The molecule has 2 nitrogen and oxygen atoms in total. The molecule has 2 N–H and O–H groups in total. The lowest BCUT2D eigenvalue weighted by atomic mass is 10.1. The minimum Gasteiger partial charge on any atom is -0.323 e. The van der Waals surface area contributed by atoms with Gasteiger partial charge < -0.3 is 5.73 Å². The van der Waals surface area contributed by atoms with E-state index in [9.17, 15) is 0 Å². The first-order chi connectivity index (χ1) is 9.58. The summed E-state index contributed by atoms with van der Waals surface area (Å²) in [5.74, 6) is 0.976. The van der Waals surface area contributed by atoms with E-state index in [1.54, 1.807) is 0 Å². The lowest BCUT2D eigenvalue weighted by Crippen LogP contribution is -2.10. The fourth-order valence-corrected chi connectivity index (χ4v) is 3.02. The van der Waals surface area contributed by atoms with Crippen LogP contribution in [0, 0.1) is 13.8 Å². The number of aromatic nitrogens is 1. The summed E-state index contributed by atoms with van der Waals surface area (Å²) in [7, 11) is 0. The van der Waals surface area contributed by atoms with E-state index in [1.807, 2.05) is 24.0 Å². The predicted octanol–water partition coefficient (Wildman–Crippen LogP) is 4.40. The van der Waals surface area contributed by atoms with Gasteiger partial charge in [0.15, 0.2) is 0 Å². The lowest BCUT2D eigenvalue weighted by molar-refractivity contribution is 0.674. The highest BCUT2D eigenvalue weighted by Crippen LogP contribution is 2.24. The van der Waals surface area contributed by atoms with Crippen molar-refractivity contribution < 1.29 is 0 Å². The number of thioether (sulfide) groups is 1. The third-order valence-electron chi connectivity index (χ3n) is 3.27. The van der Waals surface area contributed by atoms with Crippen LogP contribution in [0.15, 0.2) is 41.4 Å². The van der Waals surface area contributed by atoms with Gasteiger partial charge in [-0.3, -0.25) is 4.98 Å². The van der Waals surface area contributed by atoms with Crippen LogP contribution in [0.25, 0.3) is 0 Å². The number of rotatable bonds is 5. The molecule has 0 saturated heterocycles. The fourth-order valence-electron chi connectivity index (χ4n) is 2.22. The SMILES string of the molecule is CC[C@@H](N)c1ccc(SCc2cc(C)cc(C)c2)cn1. The van der Waals surface area contributed by atoms with E-state index in [4.69, 9.17) is 5.73 Å². The van der Waals surface area contributed by atoms with Gasteiger partial charge in [0.05, 0.1) is 5.69 Å². The Morgan fingerprint density at radius 2 is 1.85 bits per heavy atom. The molecule has 0 saturated carbocycles. The molecule has 106 valence electrons. The van der Waals surface area contributed by atoms with Crippen LogP contribution >= 0.6 is 11.8 Å². The van der Waals surface area contributed by atoms with E-state index >= 15 is 0 Å². The molecule has 20 heavy (non-hydrogen) atoms. The van der Waals surface area contributed by atoms with Crippen molar-refractivity contribution in [2.24, 2.45) is 5.73 Å². The molecule has 1 heterocycles. The first kappa shape index (κ1) is 15.1. The Labute approximate surface area is 125 Å². The number of nitrogens with zero attached hydrogens (tertiary/aromatic N) is 1. The minimum absolute atomic E-state index is 0.0495. The van der Waals surface area contributed by atoms with Crippen molar-refractivity contribution in [3.63, 3.8) is 0 Å². The zero-order chi connectivity index (χ0) is 14.5. The van der Waals surface area contributed by atoms with E-state index in [-0.39, 0.29) is 6.04 Å². The summed E-state index contributed by atoms with van der Waals surface area (Å²) in [5, 5.41) is 0. The largest absolute Gasteiger partial charge is 0.323 e. The van der Waals surface area contributed by atoms with Gasteiger partial charge in [-0.25, -0.2) is 0 Å². The van der Waals surface area contributed by atoms with Crippen LogP contribution < -0.4 is 5.73 Å². The van der Waals surface area contributed by atoms with Crippen LogP contribution in [0.1, 0.15) is 41.8 Å². The maximum atomic E-state index is 5.97. The molecule has 2 rings (SSSR count). The van der Waals surface area contributed by atoms with Crippen molar-refractivity contribution >= 4 is 11.8 Å². The molecular formula is C17H22N2S. The number of nitrogens with two attached hydrogens (primary N) is 1. The molecule has 1 aromatic carbocycles. The van der Waals surface area contributed by atoms with Gasteiger partial charge in [-0.2, -0.15) is 0 Å². The van der Waals surface area contributed by atoms with Crippen molar-refractivity contribution in [2.45, 2.75) is 43.9 Å². The number of pyridine rings is 1. The molecule has 3 heteroatoms. The zero-order valence-electron chi connectivity index (χ0n) is 12.4. The average molecular weight is 286 g/mol. The van der Waals surface area contributed by atoms with Gasteiger partial charge in [0.1, 0.15) is 0 Å². The Bertz CT molecular complexity index is 543. The monoisotopic (exact) mass is 286 g/mol. The van der Waals surface area contributed by atoms with E-state index in [1.165, 1.54) is 21.6 Å². The molecule has 0 unspecified atom stereocenters. The van der Waals surface area contributed by atoms with Gasteiger partial charge in [0.2, 0.25) is 0 Å². The number of benzene rings is 1. The summed E-state index contributed by atoms with van der Waals surface area (Å²) in [6, 6.07) is 10.9. The molecule has 0 aliphatic carbocycles. The molecule has 1 aromatic heterocycles. The van der Waals surface area contributed by atoms with Gasteiger partial charge in [-0.15, -0.1) is 11.8 Å². The van der Waals surface area contributed by atoms with Crippen molar-refractivity contribution in [1.82, 2.24) is 4.98 Å². The van der Waals surface area contributed by atoms with Crippen LogP contribution in [0.4, 0.5) is 0 Å². The molecule has 0 radical (unpaired) electrons. The minimum atomic E-state index is 0.0495. The van der Waals surface area contributed by atoms with E-state index in [0.29, 0.717) is 0 Å². The molecule has 0 spiro atoms. The topological polar surface area (TPSA) is 38.9 Å². The fraction of sp³-hybridized carbons (Fsp3) is 0.353. The maximum Gasteiger partial charge on any atom is 0.0571 e. The smallest absolute Gasteiger partial charge is 0.0571 e. The summed E-state index contributed by atoms with van der Waals surface area (Å²) in [5.41, 5.74) is 11.0. The molecule has 2 aromatic rings. The third kappa shape index (κ3) is 4.09. The summed E-state index contributed by atoms with van der Waals surface area (Å²) in [6.45, 7) is 6.36. The first-order valence-corrected chi connectivity index (χ1v) is 7.98. The van der Waals surface area contributed by atoms with Gasteiger partial charge >= 0.3 is 0 Å². The van der Waals surface area contributed by atoms with Crippen molar-refractivity contribution in [1.29, 1.82) is 0 Å². The predicted molar refractivity (Wildman–Crippen MR) is 86.9 cm³/mol. The standard InChI is InChI=1S/C17H22N2S/c1-4-16(18)17-6-5-15(10-19-17)20-11-14-8-12(2)7-13(3)9-14/h5-10,16H,4,11,18H2,1-3H3/t16-/m1/s1. The van der Waals surface area contributed by atoms with Crippen molar-refractivity contribution in [3.8, 4) is 0 Å². The number of hydrogen-bond donors (Lipinski definition) is 1. The molecule has 0 amide bonds.